The maximum Gasteiger partial charge on any atom is 0.102 e. The van der Waals surface area contributed by atoms with Gasteiger partial charge in [0.15, 0.2) is 0 Å². The average molecular weight is 284 g/mol. The predicted molar refractivity (Wildman–Crippen MR) is 90.2 cm³/mol. The molecular weight excluding hydrogens is 256 g/mol. The van der Waals surface area contributed by atoms with Gasteiger partial charge in [-0.2, -0.15) is 0 Å². The van der Waals surface area contributed by atoms with Crippen molar-refractivity contribution in [2.24, 2.45) is 11.8 Å². The Kier molecular flexibility index (Phi) is 5.05. The van der Waals surface area contributed by atoms with Gasteiger partial charge >= 0.3 is 0 Å². The number of hydrogen-bond acceptors (Lipinski definition) is 1. The van der Waals surface area contributed by atoms with Gasteiger partial charge in [0.2, 0.25) is 0 Å². The SMILES string of the molecule is COC1(c2ccccc2)C(C)CC=C(C)C1CC=C(C)C. The van der Waals surface area contributed by atoms with Crippen LogP contribution in [-0.2, 0) is 10.3 Å². The van der Waals surface area contributed by atoms with Crippen molar-refractivity contribution in [1.82, 2.24) is 0 Å². The first-order valence-electron chi connectivity index (χ1n) is 7.93. The van der Waals surface area contributed by atoms with E-state index in [4.69, 9.17) is 4.74 Å². The van der Waals surface area contributed by atoms with Gasteiger partial charge in [0.05, 0.1) is 0 Å². The van der Waals surface area contributed by atoms with Crippen molar-refractivity contribution in [2.45, 2.75) is 46.1 Å². The van der Waals surface area contributed by atoms with E-state index in [1.807, 2.05) is 7.11 Å². The summed E-state index contributed by atoms with van der Waals surface area (Å²) in [5, 5.41) is 0. The van der Waals surface area contributed by atoms with Crippen molar-refractivity contribution < 1.29 is 4.74 Å². The van der Waals surface area contributed by atoms with Crippen LogP contribution < -0.4 is 0 Å². The zero-order valence-electron chi connectivity index (χ0n) is 14.0. The summed E-state index contributed by atoms with van der Waals surface area (Å²) < 4.78 is 6.22. The lowest BCUT2D eigenvalue weighted by Gasteiger charge is -2.47. The van der Waals surface area contributed by atoms with Gasteiger partial charge in [-0.1, -0.05) is 60.6 Å². The Balaban J connectivity index is 2.52. The first kappa shape index (κ1) is 16.0. The summed E-state index contributed by atoms with van der Waals surface area (Å²) in [5.74, 6) is 0.882. The fraction of sp³-hybridized carbons (Fsp3) is 0.500. The molecule has 1 aromatic carbocycles. The van der Waals surface area contributed by atoms with Crippen LogP contribution in [0.2, 0.25) is 0 Å². The van der Waals surface area contributed by atoms with Gasteiger partial charge < -0.3 is 4.74 Å². The van der Waals surface area contributed by atoms with E-state index in [1.165, 1.54) is 16.7 Å². The van der Waals surface area contributed by atoms with Crippen molar-refractivity contribution >= 4 is 0 Å². The lowest BCUT2D eigenvalue weighted by molar-refractivity contribution is -0.0986. The maximum atomic E-state index is 6.22. The van der Waals surface area contributed by atoms with Crippen molar-refractivity contribution in [1.29, 1.82) is 0 Å². The lowest BCUT2D eigenvalue weighted by Crippen LogP contribution is -2.45. The number of rotatable bonds is 4. The Labute approximate surface area is 129 Å². The van der Waals surface area contributed by atoms with E-state index >= 15 is 0 Å². The van der Waals surface area contributed by atoms with E-state index in [9.17, 15) is 0 Å². The molecule has 0 saturated heterocycles. The van der Waals surface area contributed by atoms with Crippen LogP contribution in [0.25, 0.3) is 0 Å². The Bertz CT molecular complexity index is 522. The van der Waals surface area contributed by atoms with E-state index in [0.717, 1.165) is 12.8 Å². The zero-order chi connectivity index (χ0) is 15.5. The highest BCUT2D eigenvalue weighted by molar-refractivity contribution is 5.31. The Morgan fingerprint density at radius 3 is 2.52 bits per heavy atom. The van der Waals surface area contributed by atoms with Crippen LogP contribution in [0.1, 0.15) is 46.1 Å². The van der Waals surface area contributed by atoms with Gasteiger partial charge in [0, 0.05) is 13.0 Å². The molecule has 1 heteroatoms. The molecule has 0 heterocycles. The Morgan fingerprint density at radius 2 is 1.95 bits per heavy atom. The van der Waals surface area contributed by atoms with E-state index in [-0.39, 0.29) is 5.60 Å². The van der Waals surface area contributed by atoms with Crippen LogP contribution in [0, 0.1) is 11.8 Å². The van der Waals surface area contributed by atoms with Gasteiger partial charge in [0.1, 0.15) is 5.60 Å². The minimum Gasteiger partial charge on any atom is -0.373 e. The van der Waals surface area contributed by atoms with Crippen molar-refractivity contribution in [3.8, 4) is 0 Å². The summed E-state index contributed by atoms with van der Waals surface area (Å²) in [4.78, 5) is 0. The van der Waals surface area contributed by atoms with E-state index < -0.39 is 0 Å². The highest BCUT2D eigenvalue weighted by Gasteiger charge is 2.47. The smallest absolute Gasteiger partial charge is 0.102 e. The molecule has 1 aromatic rings. The summed E-state index contributed by atoms with van der Waals surface area (Å²) in [6.45, 7) is 8.91. The van der Waals surface area contributed by atoms with Crippen molar-refractivity contribution in [3.05, 3.63) is 59.2 Å². The molecule has 0 aromatic heterocycles. The molecule has 0 spiro atoms. The molecule has 0 bridgehead atoms. The number of hydrogen-bond donors (Lipinski definition) is 0. The molecule has 2 rings (SSSR count). The number of ether oxygens (including phenoxy) is 1. The quantitative estimate of drug-likeness (QED) is 0.665. The van der Waals surface area contributed by atoms with Crippen LogP contribution in [0.5, 0.6) is 0 Å². The molecule has 1 aliphatic rings. The minimum atomic E-state index is -0.216. The van der Waals surface area contributed by atoms with Crippen molar-refractivity contribution in [3.63, 3.8) is 0 Å². The molecule has 1 aliphatic carbocycles. The summed E-state index contributed by atoms with van der Waals surface area (Å²) in [6.07, 6.45) is 6.86. The molecule has 21 heavy (non-hydrogen) atoms. The second-order valence-electron chi connectivity index (χ2n) is 6.52. The van der Waals surface area contributed by atoms with E-state index in [1.54, 1.807) is 0 Å². The molecule has 0 fully saturated rings. The zero-order valence-corrected chi connectivity index (χ0v) is 14.0. The van der Waals surface area contributed by atoms with Gasteiger partial charge in [0.25, 0.3) is 0 Å². The molecule has 1 nitrogen and oxygen atoms in total. The highest BCUT2D eigenvalue weighted by atomic mass is 16.5. The second-order valence-corrected chi connectivity index (χ2v) is 6.52. The largest absolute Gasteiger partial charge is 0.373 e. The molecule has 3 unspecified atom stereocenters. The minimum absolute atomic E-state index is 0.216. The van der Waals surface area contributed by atoms with Crippen LogP contribution >= 0.6 is 0 Å². The summed E-state index contributed by atoms with van der Waals surface area (Å²) in [6, 6.07) is 10.7. The summed E-state index contributed by atoms with van der Waals surface area (Å²) >= 11 is 0. The molecule has 0 N–H and O–H groups in total. The Morgan fingerprint density at radius 1 is 1.29 bits per heavy atom. The van der Waals surface area contributed by atoms with Crippen LogP contribution in [0.4, 0.5) is 0 Å². The average Bonchev–Trinajstić information content (AvgIpc) is 2.49. The number of benzene rings is 1. The highest BCUT2D eigenvalue weighted by Crippen LogP contribution is 2.49. The van der Waals surface area contributed by atoms with E-state index in [0.29, 0.717) is 11.8 Å². The molecule has 0 amide bonds. The lowest BCUT2D eigenvalue weighted by atomic mass is 9.64. The molecule has 0 radical (unpaired) electrons. The van der Waals surface area contributed by atoms with Crippen molar-refractivity contribution in [2.75, 3.05) is 7.11 Å². The molecule has 3 atom stereocenters. The first-order chi connectivity index (χ1) is 10.0. The fourth-order valence-corrected chi connectivity index (χ4v) is 3.72. The third kappa shape index (κ3) is 2.98. The number of methoxy groups -OCH3 is 1. The monoisotopic (exact) mass is 284 g/mol. The standard InChI is InChI=1S/C20H28O/c1-15(2)11-14-19-16(3)12-13-17(4)20(19,21-5)18-9-7-6-8-10-18/h6-12,17,19H,13-14H2,1-5H3. The normalized spacial score (nSPS) is 28.9. The number of allylic oxidation sites excluding steroid dienone is 3. The summed E-state index contributed by atoms with van der Waals surface area (Å²) in [7, 11) is 1.87. The fourth-order valence-electron chi connectivity index (χ4n) is 3.72. The van der Waals surface area contributed by atoms with Gasteiger partial charge in [-0.3, -0.25) is 0 Å². The molecule has 114 valence electrons. The van der Waals surface area contributed by atoms with Gasteiger partial charge in [-0.15, -0.1) is 0 Å². The van der Waals surface area contributed by atoms with Crippen LogP contribution in [0.15, 0.2) is 53.6 Å². The van der Waals surface area contributed by atoms with E-state index in [2.05, 4.69) is 70.2 Å². The van der Waals surface area contributed by atoms with Crippen LogP contribution in [0.3, 0.4) is 0 Å². The third-order valence-corrected chi connectivity index (χ3v) is 4.92. The topological polar surface area (TPSA) is 9.23 Å². The Hall–Kier alpha value is -1.34. The third-order valence-electron chi connectivity index (χ3n) is 4.92. The molecule has 0 saturated carbocycles. The summed E-state index contributed by atoms with van der Waals surface area (Å²) in [5.41, 5.74) is 3.92. The maximum absolute atomic E-state index is 6.22. The van der Waals surface area contributed by atoms with Crippen LogP contribution in [-0.4, -0.2) is 7.11 Å². The van der Waals surface area contributed by atoms with Gasteiger partial charge in [-0.05, 0) is 45.1 Å². The second kappa shape index (κ2) is 6.62. The molecular formula is C20H28O. The van der Waals surface area contributed by atoms with Gasteiger partial charge in [-0.25, -0.2) is 0 Å². The molecule has 0 aliphatic heterocycles. The first-order valence-corrected chi connectivity index (χ1v) is 7.93. The predicted octanol–water partition coefficient (Wildman–Crippen LogP) is 5.49.